The third kappa shape index (κ3) is 4.95. The molecule has 1 aliphatic rings. The Morgan fingerprint density at radius 2 is 1.81 bits per heavy atom. The SMILES string of the molecule is COc1ccc(C2(CNC(=O)/C=C/c3ccc(F)cc3)CCOCC2)cc1. The predicted octanol–water partition coefficient (Wildman–Crippen LogP) is 3.71. The minimum Gasteiger partial charge on any atom is -0.497 e. The van der Waals surface area contributed by atoms with Crippen LogP contribution < -0.4 is 10.1 Å². The van der Waals surface area contributed by atoms with Gasteiger partial charge in [0.1, 0.15) is 11.6 Å². The molecule has 2 aromatic carbocycles. The van der Waals surface area contributed by atoms with Crippen LogP contribution in [0.25, 0.3) is 6.08 Å². The fraction of sp³-hybridized carbons (Fsp3) is 0.318. The van der Waals surface area contributed by atoms with Crippen LogP contribution in [0.5, 0.6) is 5.75 Å². The maximum absolute atomic E-state index is 12.9. The van der Waals surface area contributed by atoms with Gasteiger partial charge in [-0.05, 0) is 54.3 Å². The molecule has 0 aliphatic carbocycles. The molecule has 1 amide bonds. The summed E-state index contributed by atoms with van der Waals surface area (Å²) in [6.07, 6.45) is 4.86. The molecule has 1 saturated heterocycles. The van der Waals surface area contributed by atoms with E-state index >= 15 is 0 Å². The Morgan fingerprint density at radius 1 is 1.15 bits per heavy atom. The van der Waals surface area contributed by atoms with Crippen molar-refractivity contribution in [2.75, 3.05) is 26.9 Å². The van der Waals surface area contributed by atoms with Crippen LogP contribution in [0.1, 0.15) is 24.0 Å². The molecule has 1 aliphatic heterocycles. The van der Waals surface area contributed by atoms with Crippen LogP contribution in [0.2, 0.25) is 0 Å². The van der Waals surface area contributed by atoms with Crippen LogP contribution in [0, 0.1) is 5.82 Å². The van der Waals surface area contributed by atoms with Crippen LogP contribution in [-0.4, -0.2) is 32.8 Å². The monoisotopic (exact) mass is 369 g/mol. The molecule has 0 aromatic heterocycles. The maximum atomic E-state index is 12.9. The first kappa shape index (κ1) is 19.1. The van der Waals surface area contributed by atoms with Crippen LogP contribution >= 0.6 is 0 Å². The van der Waals surface area contributed by atoms with Gasteiger partial charge in [-0.3, -0.25) is 4.79 Å². The molecule has 2 aromatic rings. The Bertz CT molecular complexity index is 778. The lowest BCUT2D eigenvalue weighted by Crippen LogP contribution is -2.44. The minimum absolute atomic E-state index is 0.149. The lowest BCUT2D eigenvalue weighted by molar-refractivity contribution is -0.116. The van der Waals surface area contributed by atoms with E-state index in [9.17, 15) is 9.18 Å². The predicted molar refractivity (Wildman–Crippen MR) is 103 cm³/mol. The largest absolute Gasteiger partial charge is 0.497 e. The number of nitrogens with one attached hydrogen (secondary N) is 1. The summed E-state index contributed by atoms with van der Waals surface area (Å²) in [4.78, 5) is 12.3. The molecule has 0 radical (unpaired) electrons. The smallest absolute Gasteiger partial charge is 0.244 e. The average Bonchev–Trinajstić information content (AvgIpc) is 2.72. The van der Waals surface area contributed by atoms with E-state index in [0.717, 1.165) is 24.2 Å². The van der Waals surface area contributed by atoms with E-state index in [-0.39, 0.29) is 17.1 Å². The molecule has 1 fully saturated rings. The Kier molecular flexibility index (Phi) is 6.24. The zero-order valence-electron chi connectivity index (χ0n) is 15.4. The first-order chi connectivity index (χ1) is 13.1. The van der Waals surface area contributed by atoms with Crippen LogP contribution in [-0.2, 0) is 14.9 Å². The highest BCUT2D eigenvalue weighted by Crippen LogP contribution is 2.35. The number of carbonyl (C=O) groups is 1. The van der Waals surface area contributed by atoms with Gasteiger partial charge in [0.2, 0.25) is 5.91 Å². The molecule has 0 saturated carbocycles. The molecule has 0 bridgehead atoms. The van der Waals surface area contributed by atoms with Crippen LogP contribution in [0.4, 0.5) is 4.39 Å². The number of methoxy groups -OCH3 is 1. The van der Waals surface area contributed by atoms with E-state index in [4.69, 9.17) is 9.47 Å². The summed E-state index contributed by atoms with van der Waals surface area (Å²) in [5.74, 6) is 0.350. The quantitative estimate of drug-likeness (QED) is 0.790. The Labute approximate surface area is 159 Å². The number of hydrogen-bond acceptors (Lipinski definition) is 3. The number of hydrogen-bond donors (Lipinski definition) is 1. The van der Waals surface area contributed by atoms with Crippen LogP contribution in [0.15, 0.2) is 54.6 Å². The summed E-state index contributed by atoms with van der Waals surface area (Å²) in [5.41, 5.74) is 1.81. The highest BCUT2D eigenvalue weighted by molar-refractivity contribution is 5.91. The Hall–Kier alpha value is -2.66. The maximum Gasteiger partial charge on any atom is 0.244 e. The van der Waals surface area contributed by atoms with Crippen molar-refractivity contribution >= 4 is 12.0 Å². The van der Waals surface area contributed by atoms with Gasteiger partial charge < -0.3 is 14.8 Å². The van der Waals surface area contributed by atoms with Crippen molar-refractivity contribution in [3.05, 3.63) is 71.6 Å². The number of halogens is 1. The molecule has 1 heterocycles. The van der Waals surface area contributed by atoms with E-state index in [1.54, 1.807) is 25.3 Å². The van der Waals surface area contributed by atoms with Crippen molar-refractivity contribution in [3.8, 4) is 5.75 Å². The second kappa shape index (κ2) is 8.82. The summed E-state index contributed by atoms with van der Waals surface area (Å²) < 4.78 is 23.7. The summed E-state index contributed by atoms with van der Waals surface area (Å²) in [6.45, 7) is 1.88. The minimum atomic E-state index is -0.294. The third-order valence-corrected chi connectivity index (χ3v) is 5.05. The van der Waals surface area contributed by atoms with Gasteiger partial charge in [0.25, 0.3) is 0 Å². The zero-order valence-corrected chi connectivity index (χ0v) is 15.4. The molecular weight excluding hydrogens is 345 g/mol. The average molecular weight is 369 g/mol. The molecule has 4 nitrogen and oxygen atoms in total. The van der Waals surface area contributed by atoms with E-state index in [2.05, 4.69) is 17.4 Å². The van der Waals surface area contributed by atoms with E-state index < -0.39 is 0 Å². The van der Waals surface area contributed by atoms with Gasteiger partial charge in [0, 0.05) is 31.2 Å². The van der Waals surface area contributed by atoms with Gasteiger partial charge in [-0.1, -0.05) is 24.3 Å². The van der Waals surface area contributed by atoms with Gasteiger partial charge in [0.05, 0.1) is 7.11 Å². The fourth-order valence-electron chi connectivity index (χ4n) is 3.34. The molecule has 0 spiro atoms. The van der Waals surface area contributed by atoms with Gasteiger partial charge in [-0.2, -0.15) is 0 Å². The van der Waals surface area contributed by atoms with Crippen molar-refractivity contribution < 1.29 is 18.7 Å². The summed E-state index contributed by atoms with van der Waals surface area (Å²) in [7, 11) is 1.65. The van der Waals surface area contributed by atoms with Crippen molar-refractivity contribution in [1.29, 1.82) is 0 Å². The van der Waals surface area contributed by atoms with Crippen molar-refractivity contribution in [3.63, 3.8) is 0 Å². The van der Waals surface area contributed by atoms with Gasteiger partial charge >= 0.3 is 0 Å². The highest BCUT2D eigenvalue weighted by Gasteiger charge is 2.34. The van der Waals surface area contributed by atoms with Gasteiger partial charge in [0.15, 0.2) is 0 Å². The van der Waals surface area contributed by atoms with E-state index in [0.29, 0.717) is 19.8 Å². The van der Waals surface area contributed by atoms with E-state index in [1.807, 2.05) is 12.1 Å². The topological polar surface area (TPSA) is 47.6 Å². The molecule has 142 valence electrons. The molecule has 5 heteroatoms. The lowest BCUT2D eigenvalue weighted by Gasteiger charge is -2.38. The Morgan fingerprint density at radius 3 is 2.44 bits per heavy atom. The number of carbonyl (C=O) groups excluding carboxylic acids is 1. The lowest BCUT2D eigenvalue weighted by atomic mass is 9.74. The number of rotatable bonds is 6. The molecule has 27 heavy (non-hydrogen) atoms. The Balaban J connectivity index is 1.67. The molecule has 0 atom stereocenters. The van der Waals surface area contributed by atoms with Gasteiger partial charge in [-0.25, -0.2) is 4.39 Å². The standard InChI is InChI=1S/C22H24FNO3/c1-26-20-9-5-18(6-10-20)22(12-14-27-15-13-22)16-24-21(25)11-4-17-2-7-19(23)8-3-17/h2-11H,12-16H2,1H3,(H,24,25)/b11-4+. The van der Waals surface area contributed by atoms with Crippen molar-refractivity contribution in [2.45, 2.75) is 18.3 Å². The molecule has 3 rings (SSSR count). The fourth-order valence-corrected chi connectivity index (χ4v) is 3.34. The van der Waals surface area contributed by atoms with Crippen molar-refractivity contribution in [1.82, 2.24) is 5.32 Å². The zero-order chi connectivity index (χ0) is 19.1. The first-order valence-corrected chi connectivity index (χ1v) is 9.05. The number of benzene rings is 2. The van der Waals surface area contributed by atoms with Gasteiger partial charge in [-0.15, -0.1) is 0 Å². The van der Waals surface area contributed by atoms with Crippen molar-refractivity contribution in [2.24, 2.45) is 0 Å². The summed E-state index contributed by atoms with van der Waals surface area (Å²) >= 11 is 0. The highest BCUT2D eigenvalue weighted by atomic mass is 19.1. The second-order valence-electron chi connectivity index (χ2n) is 6.72. The number of amides is 1. The third-order valence-electron chi connectivity index (χ3n) is 5.05. The normalized spacial score (nSPS) is 16.2. The first-order valence-electron chi connectivity index (χ1n) is 9.05. The molecule has 0 unspecified atom stereocenters. The second-order valence-corrected chi connectivity index (χ2v) is 6.72. The summed E-state index contributed by atoms with van der Waals surface area (Å²) in [5, 5.41) is 3.02. The van der Waals surface area contributed by atoms with E-state index in [1.165, 1.54) is 23.8 Å². The number of ether oxygens (including phenoxy) is 2. The molecular formula is C22H24FNO3. The van der Waals surface area contributed by atoms with Crippen LogP contribution in [0.3, 0.4) is 0 Å². The molecule has 1 N–H and O–H groups in total. The summed E-state index contributed by atoms with van der Waals surface area (Å²) in [6, 6.07) is 14.0.